The summed E-state index contributed by atoms with van der Waals surface area (Å²) in [5.74, 6) is -0.136. The van der Waals surface area contributed by atoms with Gasteiger partial charge in [-0.25, -0.2) is 4.98 Å². The Bertz CT molecular complexity index is 315. The minimum atomic E-state index is -0.0994. The molecule has 0 saturated heterocycles. The number of likely N-dealkylation sites (N-methyl/N-ethyl adjacent to an activating group) is 1. The molecule has 5 nitrogen and oxygen atoms in total. The van der Waals surface area contributed by atoms with Crippen LogP contribution < -0.4 is 10.6 Å². The molecule has 1 aromatic heterocycles. The van der Waals surface area contributed by atoms with Crippen molar-refractivity contribution in [1.82, 2.24) is 15.6 Å². The van der Waals surface area contributed by atoms with E-state index in [1.165, 1.54) is 6.07 Å². The quantitative estimate of drug-likeness (QED) is 0.612. The van der Waals surface area contributed by atoms with Gasteiger partial charge in [-0.05, 0) is 13.1 Å². The molecule has 1 amide bonds. The van der Waals surface area contributed by atoms with Crippen LogP contribution in [0.4, 0.5) is 0 Å². The minimum absolute atomic E-state index is 0.0367. The van der Waals surface area contributed by atoms with Gasteiger partial charge >= 0.3 is 0 Å². The summed E-state index contributed by atoms with van der Waals surface area (Å²) in [7, 11) is 1.70. The van der Waals surface area contributed by atoms with Crippen molar-refractivity contribution in [2.45, 2.75) is 6.54 Å². The number of carbonyl (C=O) groups excluding carboxylic acids is 1. The van der Waals surface area contributed by atoms with Crippen LogP contribution in [-0.4, -0.2) is 29.6 Å². The van der Waals surface area contributed by atoms with Gasteiger partial charge in [0, 0.05) is 6.07 Å². The van der Waals surface area contributed by atoms with Crippen molar-refractivity contribution in [3.05, 3.63) is 23.9 Å². The number of carbonyl (C=O) groups is 1. The predicted molar refractivity (Wildman–Crippen MR) is 51.7 cm³/mol. The molecule has 0 aliphatic heterocycles. The molecule has 76 valence electrons. The third-order valence-corrected chi connectivity index (χ3v) is 1.60. The topological polar surface area (TPSA) is 74.2 Å². The van der Waals surface area contributed by atoms with Gasteiger partial charge in [0.1, 0.15) is 0 Å². The number of hydrogen-bond acceptors (Lipinski definition) is 4. The van der Waals surface area contributed by atoms with Crippen LogP contribution in [0, 0.1) is 0 Å². The van der Waals surface area contributed by atoms with E-state index in [-0.39, 0.29) is 18.3 Å². The van der Waals surface area contributed by atoms with Gasteiger partial charge in [0.05, 0.1) is 18.8 Å². The molecule has 0 aliphatic rings. The molecule has 1 heterocycles. The zero-order valence-corrected chi connectivity index (χ0v) is 7.95. The van der Waals surface area contributed by atoms with Crippen molar-refractivity contribution in [3.8, 4) is 5.88 Å². The Morgan fingerprint density at radius 2 is 2.36 bits per heavy atom. The molecule has 0 radical (unpaired) electrons. The van der Waals surface area contributed by atoms with Crippen LogP contribution in [0.1, 0.15) is 5.69 Å². The second-order valence-corrected chi connectivity index (χ2v) is 2.79. The van der Waals surface area contributed by atoms with Crippen LogP contribution in [0.25, 0.3) is 0 Å². The molecule has 3 N–H and O–H groups in total. The maximum atomic E-state index is 11.0. The zero-order valence-electron chi connectivity index (χ0n) is 7.95. The van der Waals surface area contributed by atoms with Crippen LogP contribution >= 0.6 is 0 Å². The maximum Gasteiger partial charge on any atom is 0.234 e. The molecule has 0 aliphatic carbocycles. The number of rotatable bonds is 4. The van der Waals surface area contributed by atoms with Gasteiger partial charge in [0.15, 0.2) is 0 Å². The lowest BCUT2D eigenvalue weighted by Gasteiger charge is -2.03. The third-order valence-electron chi connectivity index (χ3n) is 1.60. The first kappa shape index (κ1) is 10.5. The van der Waals surface area contributed by atoms with Gasteiger partial charge in [-0.1, -0.05) is 6.07 Å². The van der Waals surface area contributed by atoms with Crippen molar-refractivity contribution in [1.29, 1.82) is 0 Å². The Hall–Kier alpha value is -1.62. The normalized spacial score (nSPS) is 9.79. The van der Waals surface area contributed by atoms with Gasteiger partial charge in [-0.15, -0.1) is 0 Å². The van der Waals surface area contributed by atoms with Crippen LogP contribution in [-0.2, 0) is 11.3 Å². The molecular weight excluding hydrogens is 182 g/mol. The van der Waals surface area contributed by atoms with E-state index >= 15 is 0 Å². The van der Waals surface area contributed by atoms with Gasteiger partial charge in [-0.2, -0.15) is 0 Å². The Balaban J connectivity index is 2.41. The van der Waals surface area contributed by atoms with Crippen molar-refractivity contribution >= 4 is 5.91 Å². The summed E-state index contributed by atoms with van der Waals surface area (Å²) in [6.07, 6.45) is 0. The number of aromatic hydroxyl groups is 1. The Morgan fingerprint density at radius 1 is 1.57 bits per heavy atom. The van der Waals surface area contributed by atoms with Gasteiger partial charge in [-0.3, -0.25) is 4.79 Å². The van der Waals surface area contributed by atoms with Crippen LogP contribution in [0.2, 0.25) is 0 Å². The number of amides is 1. The molecule has 0 spiro atoms. The highest BCUT2D eigenvalue weighted by atomic mass is 16.3. The molecular formula is C9H13N3O2. The van der Waals surface area contributed by atoms with Gasteiger partial charge in [0.25, 0.3) is 0 Å². The molecule has 0 unspecified atom stereocenters. The highest BCUT2D eigenvalue weighted by Gasteiger charge is 2.00. The summed E-state index contributed by atoms with van der Waals surface area (Å²) in [5.41, 5.74) is 0.634. The van der Waals surface area contributed by atoms with Crippen molar-refractivity contribution in [3.63, 3.8) is 0 Å². The monoisotopic (exact) mass is 195 g/mol. The summed E-state index contributed by atoms with van der Waals surface area (Å²) in [6.45, 7) is 0.605. The number of pyridine rings is 1. The Morgan fingerprint density at radius 3 is 3.00 bits per heavy atom. The van der Waals surface area contributed by atoms with E-state index in [0.29, 0.717) is 12.2 Å². The van der Waals surface area contributed by atoms with Crippen molar-refractivity contribution in [2.75, 3.05) is 13.6 Å². The smallest absolute Gasteiger partial charge is 0.234 e. The molecule has 1 aromatic rings. The number of nitrogens with one attached hydrogen (secondary N) is 2. The van der Waals surface area contributed by atoms with E-state index in [9.17, 15) is 4.79 Å². The van der Waals surface area contributed by atoms with Crippen molar-refractivity contribution < 1.29 is 9.90 Å². The number of nitrogens with zero attached hydrogens (tertiary/aromatic N) is 1. The average Bonchev–Trinajstić information content (AvgIpc) is 2.15. The molecule has 5 heteroatoms. The standard InChI is InChI=1S/C9H13N3O2/c1-10-6-9(14)11-5-7-3-2-4-8(13)12-7/h2-4,10H,5-6H2,1H3,(H,11,14)(H,12,13). The summed E-state index contributed by atoms with van der Waals surface area (Å²) in [6, 6.07) is 4.90. The highest BCUT2D eigenvalue weighted by Crippen LogP contribution is 2.03. The SMILES string of the molecule is CNCC(=O)NCc1cccc(O)n1. The lowest BCUT2D eigenvalue weighted by atomic mass is 10.3. The van der Waals surface area contributed by atoms with Crippen LogP contribution in [0.15, 0.2) is 18.2 Å². The molecule has 0 saturated carbocycles. The molecule has 0 atom stereocenters. The molecule has 14 heavy (non-hydrogen) atoms. The average molecular weight is 195 g/mol. The summed E-state index contributed by atoms with van der Waals surface area (Å²) >= 11 is 0. The first-order valence-electron chi connectivity index (χ1n) is 4.28. The van der Waals surface area contributed by atoms with Crippen LogP contribution in [0.3, 0.4) is 0 Å². The summed E-state index contributed by atoms with van der Waals surface area (Å²) in [4.78, 5) is 14.9. The van der Waals surface area contributed by atoms with Gasteiger partial charge < -0.3 is 15.7 Å². The Labute approximate surface area is 82.2 Å². The lowest BCUT2D eigenvalue weighted by molar-refractivity contribution is -0.120. The number of aromatic nitrogens is 1. The van der Waals surface area contributed by atoms with E-state index in [1.807, 2.05) is 0 Å². The fourth-order valence-corrected chi connectivity index (χ4v) is 0.978. The molecule has 0 bridgehead atoms. The zero-order chi connectivity index (χ0) is 10.4. The fourth-order valence-electron chi connectivity index (χ4n) is 0.978. The van der Waals surface area contributed by atoms with E-state index < -0.39 is 0 Å². The molecule has 0 fully saturated rings. The maximum absolute atomic E-state index is 11.0. The second-order valence-electron chi connectivity index (χ2n) is 2.79. The lowest BCUT2D eigenvalue weighted by Crippen LogP contribution is -2.31. The van der Waals surface area contributed by atoms with Gasteiger partial charge in [0.2, 0.25) is 11.8 Å². The van der Waals surface area contributed by atoms with E-state index in [1.54, 1.807) is 19.2 Å². The largest absolute Gasteiger partial charge is 0.493 e. The van der Waals surface area contributed by atoms with E-state index in [4.69, 9.17) is 5.11 Å². The first-order chi connectivity index (χ1) is 6.72. The van der Waals surface area contributed by atoms with Crippen molar-refractivity contribution in [2.24, 2.45) is 0 Å². The minimum Gasteiger partial charge on any atom is -0.493 e. The third kappa shape index (κ3) is 3.40. The molecule has 1 rings (SSSR count). The summed E-state index contributed by atoms with van der Waals surface area (Å²) in [5, 5.41) is 14.4. The van der Waals surface area contributed by atoms with E-state index in [2.05, 4.69) is 15.6 Å². The second kappa shape index (κ2) is 5.18. The molecule has 0 aromatic carbocycles. The Kier molecular flexibility index (Phi) is 3.87. The van der Waals surface area contributed by atoms with E-state index in [0.717, 1.165) is 0 Å². The summed E-state index contributed by atoms with van der Waals surface area (Å²) < 4.78 is 0. The van der Waals surface area contributed by atoms with Crippen LogP contribution in [0.5, 0.6) is 5.88 Å². The number of hydrogen-bond donors (Lipinski definition) is 3. The fraction of sp³-hybridized carbons (Fsp3) is 0.333. The first-order valence-corrected chi connectivity index (χ1v) is 4.28. The highest BCUT2D eigenvalue weighted by molar-refractivity contribution is 5.77. The predicted octanol–water partition coefficient (Wildman–Crippen LogP) is -0.377.